The zero-order valence-electron chi connectivity index (χ0n) is 10.2. The lowest BCUT2D eigenvalue weighted by atomic mass is 10.2. The molecule has 1 aromatic carbocycles. The van der Waals surface area contributed by atoms with E-state index in [9.17, 15) is 4.79 Å². The molecule has 0 aliphatic carbocycles. The molecule has 0 N–H and O–H groups in total. The third-order valence-electron chi connectivity index (χ3n) is 2.64. The predicted molar refractivity (Wildman–Crippen MR) is 71.1 cm³/mol. The number of halogens is 1. The fraction of sp³-hybridized carbons (Fsp3) is 0.500. The molecule has 94 valence electrons. The van der Waals surface area contributed by atoms with Crippen molar-refractivity contribution in [3.05, 3.63) is 28.8 Å². The van der Waals surface area contributed by atoms with Crippen molar-refractivity contribution in [2.24, 2.45) is 0 Å². The maximum atomic E-state index is 10.9. The van der Waals surface area contributed by atoms with E-state index in [4.69, 9.17) is 16.3 Å². The molecule has 0 fully saturated rings. The first-order valence-corrected chi connectivity index (χ1v) is 6.54. The second kappa shape index (κ2) is 8.13. The van der Waals surface area contributed by atoms with E-state index in [0.717, 1.165) is 12.7 Å². The largest absolute Gasteiger partial charge is 0.493 e. The molecule has 0 saturated carbocycles. The molecule has 0 unspecified atom stereocenters. The summed E-state index contributed by atoms with van der Waals surface area (Å²) in [5.41, 5.74) is 0.447. The molecule has 0 heterocycles. The minimum absolute atomic E-state index is 0.447. The standard InChI is InChI=1S/C14H19ClO2/c1-2-3-4-5-6-10-17-14-9-7-8-13(15)12(14)11-16/h7-9,11H,2-6,10H2,1H3. The third-order valence-corrected chi connectivity index (χ3v) is 2.97. The number of carbonyl (C=O) groups is 1. The van der Waals surface area contributed by atoms with Crippen molar-refractivity contribution in [3.8, 4) is 5.75 Å². The van der Waals surface area contributed by atoms with E-state index in [0.29, 0.717) is 22.9 Å². The van der Waals surface area contributed by atoms with Crippen molar-refractivity contribution in [1.82, 2.24) is 0 Å². The van der Waals surface area contributed by atoms with Gasteiger partial charge < -0.3 is 4.74 Å². The second-order valence-corrected chi connectivity index (χ2v) is 4.44. The first-order chi connectivity index (χ1) is 8.29. The number of hydrogen-bond donors (Lipinski definition) is 0. The van der Waals surface area contributed by atoms with Gasteiger partial charge in [0, 0.05) is 0 Å². The number of ether oxygens (including phenoxy) is 1. The van der Waals surface area contributed by atoms with Crippen molar-refractivity contribution >= 4 is 17.9 Å². The van der Waals surface area contributed by atoms with Crippen LogP contribution in [0.5, 0.6) is 5.75 Å². The molecule has 1 aromatic rings. The van der Waals surface area contributed by atoms with E-state index in [1.165, 1.54) is 25.7 Å². The summed E-state index contributed by atoms with van der Waals surface area (Å²) in [4.78, 5) is 10.9. The van der Waals surface area contributed by atoms with Gasteiger partial charge in [-0.1, -0.05) is 50.3 Å². The second-order valence-electron chi connectivity index (χ2n) is 4.03. The van der Waals surface area contributed by atoms with Crippen LogP contribution in [0, 0.1) is 0 Å². The maximum absolute atomic E-state index is 10.9. The summed E-state index contributed by atoms with van der Waals surface area (Å²) < 4.78 is 5.57. The molecule has 0 spiro atoms. The zero-order valence-corrected chi connectivity index (χ0v) is 11.0. The number of hydrogen-bond acceptors (Lipinski definition) is 2. The van der Waals surface area contributed by atoms with Gasteiger partial charge in [-0.3, -0.25) is 4.79 Å². The molecule has 17 heavy (non-hydrogen) atoms. The van der Waals surface area contributed by atoms with Gasteiger partial charge in [-0.05, 0) is 18.6 Å². The quantitative estimate of drug-likeness (QED) is 0.504. The van der Waals surface area contributed by atoms with Gasteiger partial charge in [0.25, 0.3) is 0 Å². The van der Waals surface area contributed by atoms with E-state index in [1.807, 2.05) is 0 Å². The lowest BCUT2D eigenvalue weighted by Gasteiger charge is -2.09. The molecule has 0 amide bonds. The normalized spacial score (nSPS) is 10.2. The molecule has 1 rings (SSSR count). The Labute approximate surface area is 108 Å². The molecule has 2 nitrogen and oxygen atoms in total. The first-order valence-electron chi connectivity index (χ1n) is 6.16. The number of rotatable bonds is 8. The van der Waals surface area contributed by atoms with Gasteiger partial charge in [0.1, 0.15) is 5.75 Å². The van der Waals surface area contributed by atoms with E-state index < -0.39 is 0 Å². The van der Waals surface area contributed by atoms with Gasteiger partial charge in [0.2, 0.25) is 0 Å². The molecular weight excluding hydrogens is 236 g/mol. The van der Waals surface area contributed by atoms with Crippen molar-refractivity contribution < 1.29 is 9.53 Å². The van der Waals surface area contributed by atoms with Gasteiger partial charge in [0.05, 0.1) is 17.2 Å². The fourth-order valence-corrected chi connectivity index (χ4v) is 1.86. The zero-order chi connectivity index (χ0) is 12.5. The van der Waals surface area contributed by atoms with Crippen molar-refractivity contribution in [2.45, 2.75) is 39.0 Å². The molecule has 0 saturated heterocycles. The summed E-state index contributed by atoms with van der Waals surface area (Å²) in [5, 5.41) is 0.448. The minimum atomic E-state index is 0.447. The Balaban J connectivity index is 2.36. The molecule has 0 aliphatic heterocycles. The van der Waals surface area contributed by atoms with Crippen LogP contribution in [0.15, 0.2) is 18.2 Å². The van der Waals surface area contributed by atoms with Crippen LogP contribution in [0.3, 0.4) is 0 Å². The lowest BCUT2D eigenvalue weighted by Crippen LogP contribution is -2.00. The average Bonchev–Trinajstić information content (AvgIpc) is 2.34. The summed E-state index contributed by atoms with van der Waals surface area (Å²) in [6, 6.07) is 5.27. The van der Waals surface area contributed by atoms with Gasteiger partial charge >= 0.3 is 0 Å². The number of aldehydes is 1. The summed E-state index contributed by atoms with van der Waals surface area (Å²) in [6.45, 7) is 2.84. The van der Waals surface area contributed by atoms with Gasteiger partial charge in [0.15, 0.2) is 6.29 Å². The van der Waals surface area contributed by atoms with Crippen LogP contribution in [-0.4, -0.2) is 12.9 Å². The Hall–Kier alpha value is -1.02. The molecule has 0 aromatic heterocycles. The Morgan fingerprint density at radius 1 is 1.24 bits per heavy atom. The average molecular weight is 255 g/mol. The summed E-state index contributed by atoms with van der Waals surface area (Å²) in [6.07, 6.45) is 6.70. The van der Waals surface area contributed by atoms with E-state index >= 15 is 0 Å². The van der Waals surface area contributed by atoms with Crippen molar-refractivity contribution in [3.63, 3.8) is 0 Å². The SMILES string of the molecule is CCCCCCCOc1cccc(Cl)c1C=O. The van der Waals surface area contributed by atoms with Crippen molar-refractivity contribution in [2.75, 3.05) is 6.61 Å². The van der Waals surface area contributed by atoms with Gasteiger partial charge in [-0.25, -0.2) is 0 Å². The highest BCUT2D eigenvalue weighted by molar-refractivity contribution is 6.33. The van der Waals surface area contributed by atoms with E-state index in [1.54, 1.807) is 18.2 Å². The van der Waals surface area contributed by atoms with Gasteiger partial charge in [-0.15, -0.1) is 0 Å². The maximum Gasteiger partial charge on any atom is 0.155 e. The van der Waals surface area contributed by atoms with E-state index in [2.05, 4.69) is 6.92 Å². The molecule has 0 atom stereocenters. The van der Waals surface area contributed by atoms with Crippen LogP contribution in [-0.2, 0) is 0 Å². The fourth-order valence-electron chi connectivity index (χ4n) is 1.65. The Kier molecular flexibility index (Phi) is 6.71. The van der Waals surface area contributed by atoms with Crippen LogP contribution in [0.4, 0.5) is 0 Å². The monoisotopic (exact) mass is 254 g/mol. The van der Waals surface area contributed by atoms with Crippen LogP contribution in [0.2, 0.25) is 5.02 Å². The number of unbranched alkanes of at least 4 members (excludes halogenated alkanes) is 4. The minimum Gasteiger partial charge on any atom is -0.493 e. The number of carbonyl (C=O) groups excluding carboxylic acids is 1. The molecule has 3 heteroatoms. The van der Waals surface area contributed by atoms with Crippen LogP contribution in [0.25, 0.3) is 0 Å². The topological polar surface area (TPSA) is 26.3 Å². The Morgan fingerprint density at radius 2 is 2.00 bits per heavy atom. The molecular formula is C14H19ClO2. The predicted octanol–water partition coefficient (Wildman–Crippen LogP) is 4.50. The van der Waals surface area contributed by atoms with Gasteiger partial charge in [-0.2, -0.15) is 0 Å². The Bertz CT molecular complexity index is 350. The summed E-state index contributed by atoms with van der Waals surface area (Å²) in [5.74, 6) is 0.586. The van der Waals surface area contributed by atoms with Crippen LogP contribution >= 0.6 is 11.6 Å². The van der Waals surface area contributed by atoms with E-state index in [-0.39, 0.29) is 0 Å². The molecule has 0 radical (unpaired) electrons. The highest BCUT2D eigenvalue weighted by atomic mass is 35.5. The Morgan fingerprint density at radius 3 is 2.71 bits per heavy atom. The molecule has 0 bridgehead atoms. The van der Waals surface area contributed by atoms with Crippen LogP contribution < -0.4 is 4.74 Å². The lowest BCUT2D eigenvalue weighted by molar-refractivity contribution is 0.111. The molecule has 0 aliphatic rings. The smallest absolute Gasteiger partial charge is 0.155 e. The third kappa shape index (κ3) is 4.78. The summed E-state index contributed by atoms with van der Waals surface area (Å²) in [7, 11) is 0. The van der Waals surface area contributed by atoms with Crippen LogP contribution in [0.1, 0.15) is 49.4 Å². The highest BCUT2D eigenvalue weighted by Crippen LogP contribution is 2.24. The van der Waals surface area contributed by atoms with Crippen molar-refractivity contribution in [1.29, 1.82) is 0 Å². The number of benzene rings is 1. The summed E-state index contributed by atoms with van der Waals surface area (Å²) >= 11 is 5.90. The highest BCUT2D eigenvalue weighted by Gasteiger charge is 2.06. The first kappa shape index (κ1) is 14.0.